The lowest BCUT2D eigenvalue weighted by molar-refractivity contribution is 1.04. The molecule has 0 spiro atoms. The Balaban J connectivity index is 2.73. The van der Waals surface area contributed by atoms with E-state index in [1.165, 1.54) is 21.9 Å². The Labute approximate surface area is 96.3 Å². The zero-order valence-corrected chi connectivity index (χ0v) is 9.88. The predicted molar refractivity (Wildman–Crippen MR) is 71.5 cm³/mol. The number of hydrogen-bond donors (Lipinski definition) is 2. The summed E-state index contributed by atoms with van der Waals surface area (Å²) in [7, 11) is 0. The van der Waals surface area contributed by atoms with Gasteiger partial charge in [0, 0.05) is 0 Å². The second kappa shape index (κ2) is 4.05. The third-order valence-corrected chi connectivity index (χ3v) is 3.12. The molecule has 0 aliphatic heterocycles. The standard InChI is InChI=1S/C14H18N2/c1-3-9-5-11-7-13(15)14(16)8-12(11)6-10(9)4-2/h5-8H,3-4,15-16H2,1-2H3. The van der Waals surface area contributed by atoms with E-state index in [0.29, 0.717) is 11.4 Å². The molecule has 0 aromatic heterocycles. The molecule has 2 aromatic carbocycles. The van der Waals surface area contributed by atoms with Crippen LogP contribution in [0.1, 0.15) is 25.0 Å². The van der Waals surface area contributed by atoms with Gasteiger partial charge in [0.05, 0.1) is 11.4 Å². The number of hydrogen-bond acceptors (Lipinski definition) is 2. The minimum atomic E-state index is 0.666. The molecule has 2 aromatic rings. The maximum Gasteiger partial charge on any atom is 0.0554 e. The summed E-state index contributed by atoms with van der Waals surface area (Å²) in [5, 5.41) is 2.36. The highest BCUT2D eigenvalue weighted by atomic mass is 14.7. The first-order valence-electron chi connectivity index (χ1n) is 5.76. The Morgan fingerprint density at radius 3 is 1.44 bits per heavy atom. The molecule has 0 heterocycles. The molecule has 0 radical (unpaired) electrons. The van der Waals surface area contributed by atoms with Crippen LogP contribution >= 0.6 is 0 Å². The average molecular weight is 214 g/mol. The van der Waals surface area contributed by atoms with Gasteiger partial charge in [0.25, 0.3) is 0 Å². The molecular formula is C14H18N2. The van der Waals surface area contributed by atoms with Gasteiger partial charge < -0.3 is 11.5 Å². The number of benzene rings is 2. The Hall–Kier alpha value is -1.70. The highest BCUT2D eigenvalue weighted by molar-refractivity contribution is 5.91. The second-order valence-electron chi connectivity index (χ2n) is 4.16. The molecule has 4 N–H and O–H groups in total. The lowest BCUT2D eigenvalue weighted by atomic mass is 9.97. The fraction of sp³-hybridized carbons (Fsp3) is 0.286. The van der Waals surface area contributed by atoms with E-state index in [1.54, 1.807) is 0 Å². The summed E-state index contributed by atoms with van der Waals surface area (Å²) in [6.07, 6.45) is 2.12. The van der Waals surface area contributed by atoms with Gasteiger partial charge in [-0.3, -0.25) is 0 Å². The summed E-state index contributed by atoms with van der Waals surface area (Å²) in [4.78, 5) is 0. The quantitative estimate of drug-likeness (QED) is 0.755. The van der Waals surface area contributed by atoms with Crippen LogP contribution in [0.5, 0.6) is 0 Å². The van der Waals surface area contributed by atoms with Crippen molar-refractivity contribution in [3.63, 3.8) is 0 Å². The third kappa shape index (κ3) is 1.71. The van der Waals surface area contributed by atoms with Crippen LogP contribution in [0, 0.1) is 0 Å². The summed E-state index contributed by atoms with van der Waals surface area (Å²) in [5.41, 5.74) is 15.8. The van der Waals surface area contributed by atoms with Gasteiger partial charge in [-0.05, 0) is 46.9 Å². The maximum absolute atomic E-state index is 5.82. The molecule has 2 heteroatoms. The van der Waals surface area contributed by atoms with E-state index in [1.807, 2.05) is 12.1 Å². The number of rotatable bonds is 2. The molecule has 0 amide bonds. The summed E-state index contributed by atoms with van der Waals surface area (Å²) >= 11 is 0. The smallest absolute Gasteiger partial charge is 0.0554 e. The molecule has 0 aliphatic carbocycles. The normalized spacial score (nSPS) is 10.9. The van der Waals surface area contributed by atoms with Gasteiger partial charge in [0.2, 0.25) is 0 Å². The van der Waals surface area contributed by atoms with Gasteiger partial charge >= 0.3 is 0 Å². The number of fused-ring (bicyclic) bond motifs is 1. The maximum atomic E-state index is 5.82. The molecule has 0 saturated carbocycles. The number of aryl methyl sites for hydroxylation is 2. The third-order valence-electron chi connectivity index (χ3n) is 3.12. The first-order chi connectivity index (χ1) is 7.65. The molecule has 0 saturated heterocycles. The second-order valence-corrected chi connectivity index (χ2v) is 4.16. The van der Waals surface area contributed by atoms with Crippen molar-refractivity contribution >= 4 is 22.1 Å². The number of nitrogen functional groups attached to an aromatic ring is 2. The van der Waals surface area contributed by atoms with Crippen molar-refractivity contribution in [1.29, 1.82) is 0 Å². The van der Waals surface area contributed by atoms with Crippen molar-refractivity contribution in [2.75, 3.05) is 11.5 Å². The Morgan fingerprint density at radius 2 is 1.12 bits per heavy atom. The molecule has 0 unspecified atom stereocenters. The minimum Gasteiger partial charge on any atom is -0.397 e. The summed E-state index contributed by atoms with van der Waals surface area (Å²) in [6, 6.07) is 8.38. The molecular weight excluding hydrogens is 196 g/mol. The van der Waals surface area contributed by atoms with Gasteiger partial charge in [0.15, 0.2) is 0 Å². The van der Waals surface area contributed by atoms with Crippen molar-refractivity contribution < 1.29 is 0 Å². The first-order valence-corrected chi connectivity index (χ1v) is 5.76. The summed E-state index contributed by atoms with van der Waals surface area (Å²) in [6.45, 7) is 4.36. The fourth-order valence-corrected chi connectivity index (χ4v) is 2.14. The topological polar surface area (TPSA) is 52.0 Å². The van der Waals surface area contributed by atoms with E-state index in [9.17, 15) is 0 Å². The van der Waals surface area contributed by atoms with Crippen LogP contribution in [0.2, 0.25) is 0 Å². The van der Waals surface area contributed by atoms with Crippen molar-refractivity contribution in [2.24, 2.45) is 0 Å². The molecule has 16 heavy (non-hydrogen) atoms. The van der Waals surface area contributed by atoms with Gasteiger partial charge in [-0.15, -0.1) is 0 Å². The van der Waals surface area contributed by atoms with E-state index < -0.39 is 0 Å². The Morgan fingerprint density at radius 1 is 0.750 bits per heavy atom. The summed E-state index contributed by atoms with van der Waals surface area (Å²) < 4.78 is 0. The van der Waals surface area contributed by atoms with Gasteiger partial charge in [-0.1, -0.05) is 26.0 Å². The lowest BCUT2D eigenvalue weighted by Crippen LogP contribution is -1.96. The van der Waals surface area contributed by atoms with E-state index in [-0.39, 0.29) is 0 Å². The summed E-state index contributed by atoms with van der Waals surface area (Å²) in [5.74, 6) is 0. The van der Waals surface area contributed by atoms with Crippen LogP contribution < -0.4 is 11.5 Å². The van der Waals surface area contributed by atoms with E-state index in [4.69, 9.17) is 11.5 Å². The van der Waals surface area contributed by atoms with Crippen LogP contribution in [0.25, 0.3) is 10.8 Å². The van der Waals surface area contributed by atoms with E-state index >= 15 is 0 Å². The zero-order chi connectivity index (χ0) is 11.7. The molecule has 0 fully saturated rings. The molecule has 0 bridgehead atoms. The van der Waals surface area contributed by atoms with Crippen molar-refractivity contribution in [1.82, 2.24) is 0 Å². The highest BCUT2D eigenvalue weighted by Gasteiger charge is 2.04. The van der Waals surface area contributed by atoms with Gasteiger partial charge in [-0.25, -0.2) is 0 Å². The fourth-order valence-electron chi connectivity index (χ4n) is 2.14. The van der Waals surface area contributed by atoms with Crippen LogP contribution in [0.3, 0.4) is 0 Å². The number of anilines is 2. The van der Waals surface area contributed by atoms with Crippen LogP contribution in [0.4, 0.5) is 11.4 Å². The van der Waals surface area contributed by atoms with Gasteiger partial charge in [0.1, 0.15) is 0 Å². The molecule has 0 atom stereocenters. The Kier molecular flexibility index (Phi) is 2.73. The van der Waals surface area contributed by atoms with E-state index in [0.717, 1.165) is 12.8 Å². The minimum absolute atomic E-state index is 0.666. The van der Waals surface area contributed by atoms with Crippen LogP contribution in [0.15, 0.2) is 24.3 Å². The predicted octanol–water partition coefficient (Wildman–Crippen LogP) is 3.13. The number of nitrogens with two attached hydrogens (primary N) is 2. The first kappa shape index (κ1) is 10.8. The van der Waals surface area contributed by atoms with Crippen LogP contribution in [-0.2, 0) is 12.8 Å². The highest BCUT2D eigenvalue weighted by Crippen LogP contribution is 2.27. The van der Waals surface area contributed by atoms with Crippen LogP contribution in [-0.4, -0.2) is 0 Å². The van der Waals surface area contributed by atoms with Gasteiger partial charge in [-0.2, -0.15) is 0 Å². The SMILES string of the molecule is CCc1cc2cc(N)c(N)cc2cc1CC. The van der Waals surface area contributed by atoms with Crippen molar-refractivity contribution in [3.05, 3.63) is 35.4 Å². The molecule has 2 rings (SSSR count). The van der Waals surface area contributed by atoms with E-state index in [2.05, 4.69) is 26.0 Å². The lowest BCUT2D eigenvalue weighted by Gasteiger charge is -2.10. The zero-order valence-electron chi connectivity index (χ0n) is 9.88. The molecule has 0 aliphatic rings. The monoisotopic (exact) mass is 214 g/mol. The van der Waals surface area contributed by atoms with Crippen molar-refractivity contribution in [2.45, 2.75) is 26.7 Å². The van der Waals surface area contributed by atoms with Crippen molar-refractivity contribution in [3.8, 4) is 0 Å². The molecule has 84 valence electrons. The average Bonchev–Trinajstić information content (AvgIpc) is 2.29. The Bertz CT molecular complexity index is 481. The largest absolute Gasteiger partial charge is 0.397 e. The molecule has 2 nitrogen and oxygen atoms in total.